The van der Waals surface area contributed by atoms with E-state index in [0.29, 0.717) is 24.6 Å². The molecule has 0 spiro atoms. The molecule has 0 radical (unpaired) electrons. The van der Waals surface area contributed by atoms with Gasteiger partial charge in [0.05, 0.1) is 19.4 Å². The van der Waals surface area contributed by atoms with Gasteiger partial charge in [-0.1, -0.05) is 6.07 Å². The minimum atomic E-state index is -4.42. The van der Waals surface area contributed by atoms with Gasteiger partial charge in [-0.25, -0.2) is 9.98 Å². The van der Waals surface area contributed by atoms with Gasteiger partial charge < -0.3 is 19.8 Å². The highest BCUT2D eigenvalue weighted by Gasteiger charge is 2.29. The number of halogens is 4. The number of nitrogens with zero attached hydrogens (tertiary/aromatic N) is 2. The smallest absolute Gasteiger partial charge is 0.422 e. The van der Waals surface area contributed by atoms with E-state index in [0.717, 1.165) is 5.76 Å². The molecule has 0 aromatic carbocycles. The van der Waals surface area contributed by atoms with Gasteiger partial charge in [0.15, 0.2) is 12.6 Å². The Bertz CT molecular complexity index is 678. The van der Waals surface area contributed by atoms with Crippen molar-refractivity contribution in [2.75, 3.05) is 13.2 Å². The van der Waals surface area contributed by atoms with Gasteiger partial charge in [-0.3, -0.25) is 0 Å². The van der Waals surface area contributed by atoms with Gasteiger partial charge in [0.25, 0.3) is 0 Å². The maximum Gasteiger partial charge on any atom is 0.422 e. The van der Waals surface area contributed by atoms with Crippen molar-refractivity contribution >= 4 is 29.9 Å². The molecular weight excluding hydrogens is 464 g/mol. The monoisotopic (exact) mass is 484 g/mol. The second-order valence-corrected chi connectivity index (χ2v) is 5.00. The van der Waals surface area contributed by atoms with Crippen LogP contribution in [0, 0.1) is 0 Å². The predicted molar refractivity (Wildman–Crippen MR) is 102 cm³/mol. The fraction of sp³-hybridized carbons (Fsp3) is 0.375. The minimum absolute atomic E-state index is 0. The SMILES string of the molecule is CCNC(=NCc1cccnc1OCC(F)(F)F)NCc1ccco1.I. The summed E-state index contributed by atoms with van der Waals surface area (Å²) >= 11 is 0. The third-order valence-electron chi connectivity index (χ3n) is 2.98. The van der Waals surface area contributed by atoms with Crippen LogP contribution in [0.1, 0.15) is 18.2 Å². The fourth-order valence-corrected chi connectivity index (χ4v) is 1.91. The molecule has 0 bridgehead atoms. The Hall–Kier alpha value is -1.98. The minimum Gasteiger partial charge on any atom is -0.468 e. The molecular formula is C16H20F3IN4O2. The molecule has 26 heavy (non-hydrogen) atoms. The first-order valence-corrected chi connectivity index (χ1v) is 7.66. The third kappa shape index (κ3) is 7.93. The zero-order chi connectivity index (χ0) is 18.1. The number of nitrogens with one attached hydrogen (secondary N) is 2. The van der Waals surface area contributed by atoms with Crippen LogP contribution in [0.15, 0.2) is 46.1 Å². The Morgan fingerprint density at radius 3 is 2.73 bits per heavy atom. The molecule has 2 aromatic rings. The number of rotatable bonds is 7. The van der Waals surface area contributed by atoms with Crippen molar-refractivity contribution in [1.29, 1.82) is 0 Å². The summed E-state index contributed by atoms with van der Waals surface area (Å²) in [5.74, 6) is 1.16. The van der Waals surface area contributed by atoms with Gasteiger partial charge in [-0.2, -0.15) is 13.2 Å². The van der Waals surface area contributed by atoms with Crippen molar-refractivity contribution < 1.29 is 22.3 Å². The molecule has 2 aromatic heterocycles. The lowest BCUT2D eigenvalue weighted by molar-refractivity contribution is -0.154. The Morgan fingerprint density at radius 1 is 1.27 bits per heavy atom. The second-order valence-electron chi connectivity index (χ2n) is 5.00. The summed E-state index contributed by atoms with van der Waals surface area (Å²) in [7, 11) is 0. The van der Waals surface area contributed by atoms with Crippen molar-refractivity contribution in [3.05, 3.63) is 48.0 Å². The normalized spacial score (nSPS) is 11.6. The number of alkyl halides is 3. The van der Waals surface area contributed by atoms with Crippen LogP contribution in [0.3, 0.4) is 0 Å². The number of hydrogen-bond donors (Lipinski definition) is 2. The number of furan rings is 1. The zero-order valence-electron chi connectivity index (χ0n) is 14.0. The summed E-state index contributed by atoms with van der Waals surface area (Å²) < 4.78 is 46.9. The van der Waals surface area contributed by atoms with Crippen LogP contribution in [0.25, 0.3) is 0 Å². The van der Waals surface area contributed by atoms with Crippen LogP contribution in [-0.4, -0.2) is 30.3 Å². The molecule has 10 heteroatoms. The van der Waals surface area contributed by atoms with Gasteiger partial charge in [-0.15, -0.1) is 24.0 Å². The third-order valence-corrected chi connectivity index (χ3v) is 2.98. The van der Waals surface area contributed by atoms with Crippen molar-refractivity contribution in [2.24, 2.45) is 4.99 Å². The molecule has 0 atom stereocenters. The highest BCUT2D eigenvalue weighted by Crippen LogP contribution is 2.20. The lowest BCUT2D eigenvalue weighted by atomic mass is 10.3. The first kappa shape index (κ1) is 22.1. The highest BCUT2D eigenvalue weighted by atomic mass is 127. The topological polar surface area (TPSA) is 71.7 Å². The molecule has 144 valence electrons. The maximum absolute atomic E-state index is 12.3. The van der Waals surface area contributed by atoms with Gasteiger partial charge in [-0.05, 0) is 25.1 Å². The summed E-state index contributed by atoms with van der Waals surface area (Å²) in [6.07, 6.45) is -1.47. The van der Waals surface area contributed by atoms with E-state index in [9.17, 15) is 13.2 Å². The summed E-state index contributed by atoms with van der Waals surface area (Å²) in [6.45, 7) is 1.70. The Morgan fingerprint density at radius 2 is 2.08 bits per heavy atom. The summed E-state index contributed by atoms with van der Waals surface area (Å²) in [4.78, 5) is 8.18. The molecule has 0 aliphatic carbocycles. The van der Waals surface area contributed by atoms with Crippen molar-refractivity contribution in [3.8, 4) is 5.88 Å². The standard InChI is InChI=1S/C16H19F3N4O2.HI/c1-2-20-15(23-10-13-6-4-8-24-13)22-9-12-5-3-7-21-14(12)25-11-16(17,18)19;/h3-8H,2,9-11H2,1H3,(H2,20,22,23);1H. The first-order chi connectivity index (χ1) is 12.0. The molecule has 2 heterocycles. The van der Waals surface area contributed by atoms with Crippen LogP contribution in [0.4, 0.5) is 13.2 Å². The number of ether oxygens (including phenoxy) is 1. The fourth-order valence-electron chi connectivity index (χ4n) is 1.91. The average Bonchev–Trinajstić information content (AvgIpc) is 3.09. The van der Waals surface area contributed by atoms with E-state index in [4.69, 9.17) is 9.15 Å². The maximum atomic E-state index is 12.3. The van der Waals surface area contributed by atoms with E-state index in [-0.39, 0.29) is 36.4 Å². The van der Waals surface area contributed by atoms with E-state index >= 15 is 0 Å². The molecule has 0 fully saturated rings. The quantitative estimate of drug-likeness (QED) is 0.358. The molecule has 0 saturated heterocycles. The zero-order valence-corrected chi connectivity index (χ0v) is 16.4. The lowest BCUT2D eigenvalue weighted by Crippen LogP contribution is -2.36. The van der Waals surface area contributed by atoms with Crippen molar-refractivity contribution in [3.63, 3.8) is 0 Å². The van der Waals surface area contributed by atoms with E-state index in [1.54, 1.807) is 24.5 Å². The van der Waals surface area contributed by atoms with Crippen LogP contribution in [0.2, 0.25) is 0 Å². The van der Waals surface area contributed by atoms with E-state index in [1.807, 2.05) is 13.0 Å². The van der Waals surface area contributed by atoms with Crippen LogP contribution in [0.5, 0.6) is 5.88 Å². The van der Waals surface area contributed by atoms with Gasteiger partial charge >= 0.3 is 6.18 Å². The molecule has 0 amide bonds. The van der Waals surface area contributed by atoms with Gasteiger partial charge in [0.1, 0.15) is 5.76 Å². The van der Waals surface area contributed by atoms with Crippen LogP contribution >= 0.6 is 24.0 Å². The first-order valence-electron chi connectivity index (χ1n) is 7.66. The number of hydrogen-bond acceptors (Lipinski definition) is 4. The summed E-state index contributed by atoms with van der Waals surface area (Å²) in [6, 6.07) is 6.84. The second kappa shape index (κ2) is 10.9. The largest absolute Gasteiger partial charge is 0.468 e. The van der Waals surface area contributed by atoms with E-state index in [1.165, 1.54) is 6.20 Å². The van der Waals surface area contributed by atoms with Crippen LogP contribution < -0.4 is 15.4 Å². The van der Waals surface area contributed by atoms with Gasteiger partial charge in [0, 0.05) is 18.3 Å². The number of aliphatic imine (C=N–C) groups is 1. The molecule has 6 nitrogen and oxygen atoms in total. The van der Waals surface area contributed by atoms with Crippen LogP contribution in [-0.2, 0) is 13.1 Å². The number of pyridine rings is 1. The average molecular weight is 484 g/mol. The number of aromatic nitrogens is 1. The summed E-state index contributed by atoms with van der Waals surface area (Å²) in [5, 5.41) is 6.12. The van der Waals surface area contributed by atoms with E-state index < -0.39 is 12.8 Å². The molecule has 2 rings (SSSR count). The van der Waals surface area contributed by atoms with Crippen molar-refractivity contribution in [2.45, 2.75) is 26.2 Å². The number of guanidine groups is 1. The van der Waals surface area contributed by atoms with Crippen molar-refractivity contribution in [1.82, 2.24) is 15.6 Å². The van der Waals surface area contributed by atoms with Gasteiger partial charge in [0.2, 0.25) is 5.88 Å². The predicted octanol–water partition coefficient (Wildman–Crippen LogP) is 3.49. The molecule has 0 aliphatic heterocycles. The molecule has 2 N–H and O–H groups in total. The lowest BCUT2D eigenvalue weighted by Gasteiger charge is -2.12. The Labute approximate surface area is 166 Å². The molecule has 0 unspecified atom stereocenters. The summed E-state index contributed by atoms with van der Waals surface area (Å²) in [5.41, 5.74) is 0.460. The Balaban J connectivity index is 0.00000338. The Kier molecular flexibility index (Phi) is 9.24. The van der Waals surface area contributed by atoms with E-state index in [2.05, 4.69) is 20.6 Å². The molecule has 0 saturated carbocycles. The molecule has 0 aliphatic rings. The highest BCUT2D eigenvalue weighted by molar-refractivity contribution is 14.0.